The van der Waals surface area contributed by atoms with Crippen molar-refractivity contribution in [3.8, 4) is 0 Å². The molecule has 0 aliphatic heterocycles. The predicted molar refractivity (Wildman–Crippen MR) is 106 cm³/mol. The van der Waals surface area contributed by atoms with Gasteiger partial charge in [0, 0.05) is 19.1 Å². The number of methoxy groups -OCH3 is 1. The van der Waals surface area contributed by atoms with Crippen LogP contribution in [0.1, 0.15) is 25.0 Å². The Morgan fingerprint density at radius 2 is 1.46 bits per heavy atom. The number of aliphatic hydroxyl groups is 1. The molecule has 2 rings (SSSR count). The summed E-state index contributed by atoms with van der Waals surface area (Å²) < 4.78 is 5.31. The third kappa shape index (κ3) is 5.34. The summed E-state index contributed by atoms with van der Waals surface area (Å²) >= 11 is 0. The highest BCUT2D eigenvalue weighted by Crippen LogP contribution is 2.24. The van der Waals surface area contributed by atoms with Gasteiger partial charge < -0.3 is 9.84 Å². The van der Waals surface area contributed by atoms with Crippen LogP contribution >= 0.6 is 0 Å². The lowest BCUT2D eigenvalue weighted by Crippen LogP contribution is -2.47. The summed E-state index contributed by atoms with van der Waals surface area (Å²) in [5.74, 6) is 0.603. The third-order valence-electron chi connectivity index (χ3n) is 4.55. The minimum Gasteiger partial charge on any atom is -0.490 e. The minimum absolute atomic E-state index is 0.125. The number of benzene rings is 2. The van der Waals surface area contributed by atoms with Crippen molar-refractivity contribution in [1.82, 2.24) is 4.90 Å². The molecule has 0 fully saturated rings. The van der Waals surface area contributed by atoms with Gasteiger partial charge in [-0.15, -0.1) is 0 Å². The van der Waals surface area contributed by atoms with Crippen molar-refractivity contribution in [2.24, 2.45) is 5.92 Å². The Balaban J connectivity index is 2.36. The Bertz CT molecular complexity index is 664. The van der Waals surface area contributed by atoms with Crippen LogP contribution in [0.2, 0.25) is 0 Å². The van der Waals surface area contributed by atoms with E-state index in [9.17, 15) is 5.11 Å². The molecule has 0 heterocycles. The van der Waals surface area contributed by atoms with Crippen LogP contribution in [-0.4, -0.2) is 29.3 Å². The third-order valence-corrected chi connectivity index (χ3v) is 4.55. The van der Waals surface area contributed by atoms with Crippen LogP contribution in [0.3, 0.4) is 0 Å². The molecule has 1 N–H and O–H groups in total. The first kappa shape index (κ1) is 20.0. The van der Waals surface area contributed by atoms with Crippen molar-refractivity contribution in [3.63, 3.8) is 0 Å². The number of aliphatic hydroxyl groups excluding tert-OH is 1. The Morgan fingerprint density at radius 1 is 1.00 bits per heavy atom. The number of hydrogen-bond acceptors (Lipinski definition) is 3. The molecule has 26 heavy (non-hydrogen) atoms. The van der Waals surface area contributed by atoms with Gasteiger partial charge in [0.05, 0.1) is 7.11 Å². The molecule has 0 amide bonds. The summed E-state index contributed by atoms with van der Waals surface area (Å²) in [7, 11) is 1.55. The minimum atomic E-state index is -0.787. The number of nitrogens with zero attached hydrogens (tertiary/aromatic N) is 1. The Morgan fingerprint density at radius 3 is 1.81 bits per heavy atom. The highest BCUT2D eigenvalue weighted by atomic mass is 16.5. The summed E-state index contributed by atoms with van der Waals surface area (Å²) in [5, 5.41) is 11.0. The van der Waals surface area contributed by atoms with Gasteiger partial charge in [-0.05, 0) is 17.0 Å². The zero-order valence-corrected chi connectivity index (χ0v) is 15.9. The van der Waals surface area contributed by atoms with E-state index < -0.39 is 6.10 Å². The molecular weight excluding hydrogens is 322 g/mol. The van der Waals surface area contributed by atoms with Crippen LogP contribution in [0.25, 0.3) is 0 Å². The van der Waals surface area contributed by atoms with Gasteiger partial charge in [0.1, 0.15) is 6.10 Å². The van der Waals surface area contributed by atoms with Gasteiger partial charge in [-0.2, -0.15) is 0 Å². The second-order valence-electron chi connectivity index (χ2n) is 6.80. The van der Waals surface area contributed by atoms with E-state index in [0.717, 1.165) is 13.1 Å². The molecule has 0 saturated carbocycles. The first-order valence-corrected chi connectivity index (χ1v) is 9.00. The highest BCUT2D eigenvalue weighted by Gasteiger charge is 2.32. The van der Waals surface area contributed by atoms with E-state index in [1.54, 1.807) is 7.11 Å². The molecule has 0 aliphatic rings. The van der Waals surface area contributed by atoms with Crippen molar-refractivity contribution >= 4 is 0 Å². The van der Waals surface area contributed by atoms with Gasteiger partial charge >= 0.3 is 0 Å². The smallest absolute Gasteiger partial charge is 0.167 e. The maximum absolute atomic E-state index is 11.0. The lowest BCUT2D eigenvalue weighted by atomic mass is 9.94. The first-order valence-electron chi connectivity index (χ1n) is 9.00. The van der Waals surface area contributed by atoms with Crippen LogP contribution in [-0.2, 0) is 17.8 Å². The summed E-state index contributed by atoms with van der Waals surface area (Å²) in [4.78, 5) is 2.30. The molecule has 0 aliphatic carbocycles. The quantitative estimate of drug-likeness (QED) is 0.537. The summed E-state index contributed by atoms with van der Waals surface area (Å²) in [5.41, 5.74) is 5.16. The summed E-state index contributed by atoms with van der Waals surface area (Å²) in [6.45, 7) is 9.37. The van der Waals surface area contributed by atoms with Crippen LogP contribution in [0.15, 0.2) is 78.7 Å². The molecule has 0 bridgehead atoms. The lowest BCUT2D eigenvalue weighted by Gasteiger charge is -2.37. The largest absolute Gasteiger partial charge is 0.490 e. The summed E-state index contributed by atoms with van der Waals surface area (Å²) in [6, 6.07) is 20.5. The van der Waals surface area contributed by atoms with Crippen molar-refractivity contribution < 1.29 is 9.84 Å². The molecule has 0 aromatic heterocycles. The maximum atomic E-state index is 11.0. The van der Waals surface area contributed by atoms with Gasteiger partial charge in [-0.25, -0.2) is 0 Å². The van der Waals surface area contributed by atoms with E-state index in [0.29, 0.717) is 5.76 Å². The van der Waals surface area contributed by atoms with Crippen LogP contribution in [0.5, 0.6) is 0 Å². The SMILES string of the molecule is C=C=C(OC)[C@@H](O)[C@H](C(C)C)N(Cc1ccccc1)Cc1ccccc1. The Labute approximate surface area is 157 Å². The van der Waals surface area contributed by atoms with Crippen LogP contribution < -0.4 is 0 Å². The van der Waals surface area contributed by atoms with E-state index in [-0.39, 0.29) is 12.0 Å². The predicted octanol–water partition coefficient (Wildman–Crippen LogP) is 4.39. The molecule has 0 radical (unpaired) electrons. The molecule has 138 valence electrons. The van der Waals surface area contributed by atoms with Crippen molar-refractivity contribution in [2.75, 3.05) is 7.11 Å². The van der Waals surface area contributed by atoms with Crippen LogP contribution in [0, 0.1) is 5.92 Å². The van der Waals surface area contributed by atoms with E-state index in [2.05, 4.69) is 55.3 Å². The zero-order chi connectivity index (χ0) is 18.9. The maximum Gasteiger partial charge on any atom is 0.167 e. The fourth-order valence-corrected chi connectivity index (χ4v) is 3.34. The Hall–Kier alpha value is -2.32. The topological polar surface area (TPSA) is 32.7 Å². The average Bonchev–Trinajstić information content (AvgIpc) is 2.64. The molecule has 3 nitrogen and oxygen atoms in total. The fraction of sp³-hybridized carbons (Fsp3) is 0.348. The molecule has 2 aromatic carbocycles. The van der Waals surface area contributed by atoms with Gasteiger partial charge in [0.15, 0.2) is 5.76 Å². The number of ether oxygens (including phenoxy) is 1. The molecule has 2 atom stereocenters. The lowest BCUT2D eigenvalue weighted by molar-refractivity contribution is 0.00677. The molecule has 0 unspecified atom stereocenters. The Kier molecular flexibility index (Phi) is 7.68. The number of rotatable bonds is 9. The van der Waals surface area contributed by atoms with E-state index in [4.69, 9.17) is 4.74 Å². The van der Waals surface area contributed by atoms with Crippen LogP contribution in [0.4, 0.5) is 0 Å². The molecule has 0 saturated heterocycles. The first-order chi connectivity index (χ1) is 12.6. The van der Waals surface area contributed by atoms with Crippen molar-refractivity contribution in [1.29, 1.82) is 0 Å². The van der Waals surface area contributed by atoms with Gasteiger partial charge in [-0.1, -0.05) is 86.8 Å². The van der Waals surface area contributed by atoms with Crippen molar-refractivity contribution in [2.45, 2.75) is 39.1 Å². The van der Waals surface area contributed by atoms with Crippen molar-refractivity contribution in [3.05, 3.63) is 89.9 Å². The molecule has 3 heteroatoms. The average molecular weight is 351 g/mol. The van der Waals surface area contributed by atoms with E-state index in [1.165, 1.54) is 11.1 Å². The standard InChI is InChI=1S/C23H29NO2/c1-5-21(26-4)23(25)22(18(2)3)24(16-19-12-8-6-9-13-19)17-20-14-10-7-11-15-20/h6-15,18,22-23,25H,1,16-17H2,2-4H3/t22-,23+/m0/s1. The second kappa shape index (κ2) is 9.98. The normalized spacial score (nSPS) is 13.3. The fourth-order valence-electron chi connectivity index (χ4n) is 3.34. The molecular formula is C23H29NO2. The monoisotopic (exact) mass is 351 g/mol. The van der Waals surface area contributed by atoms with Gasteiger partial charge in [0.2, 0.25) is 0 Å². The van der Waals surface area contributed by atoms with E-state index >= 15 is 0 Å². The highest BCUT2D eigenvalue weighted by molar-refractivity contribution is 5.18. The number of hydrogen-bond donors (Lipinski definition) is 1. The summed E-state index contributed by atoms with van der Waals surface area (Å²) in [6.07, 6.45) is -0.787. The molecule has 0 spiro atoms. The van der Waals surface area contributed by atoms with Gasteiger partial charge in [0.25, 0.3) is 0 Å². The van der Waals surface area contributed by atoms with Gasteiger partial charge in [-0.3, -0.25) is 4.90 Å². The molecule has 2 aromatic rings. The van der Waals surface area contributed by atoms with E-state index in [1.807, 2.05) is 36.4 Å². The second-order valence-corrected chi connectivity index (χ2v) is 6.80. The zero-order valence-electron chi connectivity index (χ0n) is 15.9.